The molecule has 330 valence electrons. The minimum Gasteiger partial charge on any atom is -0.379 e. The van der Waals surface area contributed by atoms with Gasteiger partial charge in [0.05, 0.1) is 42.7 Å². The molecule has 0 bridgehead atoms. The highest BCUT2D eigenvalue weighted by atomic mass is 16.5. The average Bonchev–Trinajstić information content (AvgIpc) is 3.65. The maximum absolute atomic E-state index is 14.4. The van der Waals surface area contributed by atoms with Crippen LogP contribution in [0.25, 0.3) is 0 Å². The van der Waals surface area contributed by atoms with Crippen molar-refractivity contribution in [3.05, 3.63) is 35.9 Å². The van der Waals surface area contributed by atoms with E-state index in [0.29, 0.717) is 25.9 Å². The van der Waals surface area contributed by atoms with Crippen LogP contribution >= 0.6 is 0 Å². The van der Waals surface area contributed by atoms with Crippen LogP contribution in [-0.2, 0) is 39.9 Å². The van der Waals surface area contributed by atoms with Gasteiger partial charge < -0.3 is 35.2 Å². The number of benzene rings is 1. The van der Waals surface area contributed by atoms with E-state index in [9.17, 15) is 24.0 Å². The monoisotopic (exact) mass is 815 g/mol. The second-order valence-corrected chi connectivity index (χ2v) is 18.1. The highest BCUT2D eigenvalue weighted by Crippen LogP contribution is 2.30. The largest absolute Gasteiger partial charge is 0.379 e. The van der Waals surface area contributed by atoms with Crippen LogP contribution in [0, 0.1) is 23.7 Å². The molecule has 0 spiro atoms. The summed E-state index contributed by atoms with van der Waals surface area (Å²) in [5.41, 5.74) is 0.424. The standard InChI is InChI=1S/C45H78N6O7/c1-16-30(7)39(50(13)44(56)37(28(3)4)47-43(55)38(29(5)6)49(12)17-2)35(57-14)27-36(52)51-25-21-24-34(51)40(58-15)31(8)41(53)46-33(42(54)48-45(9,10)11)26-32-22-19-18-20-23-32/h18-20,22-23,28-31,33-35,37-40H,16-17,21,24-27H2,1-15H3,(H,46,53)(H,47,55)(H,48,54)/t30-,31+,33-,34-,35+,37-,38-,39-,40+/m0/s1. The number of carbonyl (C=O) groups excluding carboxylic acids is 5. The summed E-state index contributed by atoms with van der Waals surface area (Å²) in [5, 5.41) is 9.08. The Hall–Kier alpha value is -3.55. The van der Waals surface area contributed by atoms with Gasteiger partial charge in [-0.3, -0.25) is 28.9 Å². The van der Waals surface area contributed by atoms with Gasteiger partial charge in [0.15, 0.2) is 0 Å². The lowest BCUT2D eigenvalue weighted by molar-refractivity contribution is -0.148. The summed E-state index contributed by atoms with van der Waals surface area (Å²) >= 11 is 0. The van der Waals surface area contributed by atoms with E-state index in [4.69, 9.17) is 9.47 Å². The molecule has 0 aromatic heterocycles. The van der Waals surface area contributed by atoms with Crippen molar-refractivity contribution in [3.8, 4) is 0 Å². The number of likely N-dealkylation sites (tertiary alicyclic amines) is 1. The van der Waals surface area contributed by atoms with Crippen molar-refractivity contribution < 1.29 is 33.4 Å². The Morgan fingerprint density at radius 2 is 1.48 bits per heavy atom. The number of nitrogens with one attached hydrogen (secondary N) is 3. The van der Waals surface area contributed by atoms with Crippen molar-refractivity contribution >= 4 is 29.5 Å². The first-order valence-corrected chi connectivity index (χ1v) is 21.4. The molecular weight excluding hydrogens is 737 g/mol. The molecule has 13 heteroatoms. The quantitative estimate of drug-likeness (QED) is 0.153. The Kier molecular flexibility index (Phi) is 20.3. The van der Waals surface area contributed by atoms with Gasteiger partial charge in [-0.1, -0.05) is 92.1 Å². The number of likely N-dealkylation sites (N-methyl/N-ethyl adjacent to an activating group) is 2. The molecule has 1 aromatic carbocycles. The zero-order valence-corrected chi connectivity index (χ0v) is 38.4. The molecule has 1 aliphatic rings. The fourth-order valence-electron chi connectivity index (χ4n) is 8.31. The molecule has 1 aromatic rings. The van der Waals surface area contributed by atoms with Crippen LogP contribution in [-0.4, -0.2) is 134 Å². The van der Waals surface area contributed by atoms with Crippen LogP contribution in [0.4, 0.5) is 0 Å². The molecule has 0 saturated carbocycles. The van der Waals surface area contributed by atoms with Crippen molar-refractivity contribution in [2.45, 2.75) is 156 Å². The van der Waals surface area contributed by atoms with Crippen molar-refractivity contribution in [3.63, 3.8) is 0 Å². The van der Waals surface area contributed by atoms with Crippen LogP contribution in [0.15, 0.2) is 30.3 Å². The van der Waals surface area contributed by atoms with E-state index >= 15 is 0 Å². The third-order valence-corrected chi connectivity index (χ3v) is 11.8. The minimum absolute atomic E-state index is 0.0121. The number of rotatable bonds is 22. The van der Waals surface area contributed by atoms with Crippen molar-refractivity contribution in [1.29, 1.82) is 0 Å². The van der Waals surface area contributed by atoms with Crippen LogP contribution < -0.4 is 16.0 Å². The van der Waals surface area contributed by atoms with Crippen LogP contribution in [0.5, 0.6) is 0 Å². The van der Waals surface area contributed by atoms with Gasteiger partial charge in [0, 0.05) is 39.8 Å². The highest BCUT2D eigenvalue weighted by molar-refractivity contribution is 5.91. The van der Waals surface area contributed by atoms with Crippen molar-refractivity contribution in [1.82, 2.24) is 30.7 Å². The van der Waals surface area contributed by atoms with E-state index in [1.165, 1.54) is 0 Å². The van der Waals surface area contributed by atoms with Crippen LogP contribution in [0.3, 0.4) is 0 Å². The van der Waals surface area contributed by atoms with Crippen molar-refractivity contribution in [2.75, 3.05) is 41.4 Å². The molecular formula is C45H78N6O7. The van der Waals surface area contributed by atoms with Gasteiger partial charge in [0.2, 0.25) is 29.5 Å². The third-order valence-electron chi connectivity index (χ3n) is 11.8. The first-order chi connectivity index (χ1) is 27.1. The maximum atomic E-state index is 14.4. The summed E-state index contributed by atoms with van der Waals surface area (Å²) in [6.07, 6.45) is 1.16. The fourth-order valence-corrected chi connectivity index (χ4v) is 8.31. The molecule has 58 heavy (non-hydrogen) atoms. The first kappa shape index (κ1) is 50.6. The van der Waals surface area contributed by atoms with Gasteiger partial charge >= 0.3 is 0 Å². The maximum Gasteiger partial charge on any atom is 0.245 e. The van der Waals surface area contributed by atoms with Gasteiger partial charge in [-0.15, -0.1) is 0 Å². The Balaban J connectivity index is 2.32. The molecule has 1 saturated heterocycles. The molecule has 1 heterocycles. The summed E-state index contributed by atoms with van der Waals surface area (Å²) in [4.78, 5) is 75.1. The molecule has 9 atom stereocenters. The van der Waals surface area contributed by atoms with E-state index in [2.05, 4.69) is 16.0 Å². The number of nitrogens with zero attached hydrogens (tertiary/aromatic N) is 3. The third kappa shape index (κ3) is 14.0. The van der Waals surface area contributed by atoms with E-state index in [-0.39, 0.29) is 65.8 Å². The summed E-state index contributed by atoms with van der Waals surface area (Å²) in [6, 6.07) is 6.74. The normalized spacial score (nSPS) is 18.9. The zero-order chi connectivity index (χ0) is 44.1. The predicted molar refractivity (Wildman–Crippen MR) is 230 cm³/mol. The molecule has 0 unspecified atom stereocenters. The number of hydrogen-bond donors (Lipinski definition) is 3. The molecule has 5 amide bonds. The van der Waals surface area contributed by atoms with Gasteiger partial charge in [0.25, 0.3) is 0 Å². The van der Waals surface area contributed by atoms with Gasteiger partial charge in [-0.05, 0) is 70.5 Å². The topological polar surface area (TPSA) is 150 Å². The first-order valence-electron chi connectivity index (χ1n) is 21.4. The molecule has 3 N–H and O–H groups in total. The summed E-state index contributed by atoms with van der Waals surface area (Å²) in [6.45, 7) is 22.6. The number of ether oxygens (including phenoxy) is 2. The number of carbonyl (C=O) groups is 5. The molecule has 0 radical (unpaired) electrons. The molecule has 2 rings (SSSR count). The van der Waals surface area contributed by atoms with E-state index in [1.807, 2.05) is 112 Å². The van der Waals surface area contributed by atoms with Crippen molar-refractivity contribution in [2.24, 2.45) is 23.7 Å². The SMILES string of the molecule is CC[C@H](C)[C@@H]([C@@H](CC(=O)N1CCC[C@H]1[C@H](OC)[C@@H](C)C(=O)N[C@@H](Cc1ccccc1)C(=O)NC(C)(C)C)OC)N(C)C(=O)[C@@H](NC(=O)[C@H](C(C)C)N(C)CC)C(C)C. The van der Waals surface area contributed by atoms with E-state index < -0.39 is 41.8 Å². The Labute approximate surface area is 350 Å². The lowest BCUT2D eigenvalue weighted by Gasteiger charge is -2.41. The zero-order valence-electron chi connectivity index (χ0n) is 38.4. The molecule has 13 nitrogen and oxygen atoms in total. The summed E-state index contributed by atoms with van der Waals surface area (Å²) in [5.74, 6) is -2.04. The van der Waals surface area contributed by atoms with Gasteiger partial charge in [-0.25, -0.2) is 0 Å². The number of amides is 5. The second kappa shape index (κ2) is 23.3. The Bertz CT molecular complexity index is 1470. The predicted octanol–water partition coefficient (Wildman–Crippen LogP) is 4.67. The minimum atomic E-state index is -0.812. The number of hydrogen-bond acceptors (Lipinski definition) is 8. The number of methoxy groups -OCH3 is 2. The van der Waals surface area contributed by atoms with E-state index in [1.54, 1.807) is 38.0 Å². The summed E-state index contributed by atoms with van der Waals surface area (Å²) < 4.78 is 12.1. The molecule has 1 fully saturated rings. The molecule has 0 aliphatic carbocycles. The van der Waals surface area contributed by atoms with Crippen LogP contribution in [0.2, 0.25) is 0 Å². The van der Waals surface area contributed by atoms with Crippen LogP contribution in [0.1, 0.15) is 107 Å². The second-order valence-electron chi connectivity index (χ2n) is 18.1. The van der Waals surface area contributed by atoms with Gasteiger partial charge in [0.1, 0.15) is 12.1 Å². The van der Waals surface area contributed by atoms with E-state index in [0.717, 1.165) is 18.4 Å². The smallest absolute Gasteiger partial charge is 0.245 e. The Morgan fingerprint density at radius 1 is 0.862 bits per heavy atom. The fraction of sp³-hybridized carbons (Fsp3) is 0.756. The molecule has 1 aliphatic heterocycles. The average molecular weight is 815 g/mol. The lowest BCUT2D eigenvalue weighted by Crippen LogP contribution is -2.60. The summed E-state index contributed by atoms with van der Waals surface area (Å²) in [7, 11) is 6.76. The highest BCUT2D eigenvalue weighted by Gasteiger charge is 2.43. The Morgan fingerprint density at radius 3 is 1.98 bits per heavy atom. The van der Waals surface area contributed by atoms with Gasteiger partial charge in [-0.2, -0.15) is 0 Å². The lowest BCUT2D eigenvalue weighted by atomic mass is 9.89.